The summed E-state index contributed by atoms with van der Waals surface area (Å²) in [6.07, 6.45) is 1.48. The molecule has 0 spiro atoms. The molecule has 10 nitrogen and oxygen atoms in total. The number of imide groups is 1. The molecule has 0 unspecified atom stereocenters. The van der Waals surface area contributed by atoms with Crippen molar-refractivity contribution >= 4 is 23.8 Å². The van der Waals surface area contributed by atoms with E-state index in [1.807, 2.05) is 0 Å². The fraction of sp³-hybridized carbons (Fsp3) is 0.357. The monoisotopic (exact) mass is 334 g/mol. The average molecular weight is 334 g/mol. The van der Waals surface area contributed by atoms with E-state index in [1.165, 1.54) is 12.1 Å². The van der Waals surface area contributed by atoms with Gasteiger partial charge in [-0.1, -0.05) is 6.92 Å². The molecule has 1 saturated heterocycles. The third-order valence-corrected chi connectivity index (χ3v) is 3.98. The summed E-state index contributed by atoms with van der Waals surface area (Å²) in [4.78, 5) is 34.7. The zero-order chi connectivity index (χ0) is 17.5. The number of fused-ring (bicyclic) bond motifs is 1. The second kappa shape index (κ2) is 5.48. The number of hydrogen-bond donors (Lipinski definition) is 1. The Bertz CT molecular complexity index is 777. The standard InChI is InChI=1S/C14H14N4O6/c1-3-14(2)12(19)17(13(20)16-14)15-6-8-4-10-11(24-7-23-10)5-9(8)18(21)22/h4-6H,3,7H2,1-2H3,(H,16,20)/b15-6-/t14-/m1/s1. The minimum Gasteiger partial charge on any atom is -0.454 e. The van der Waals surface area contributed by atoms with Gasteiger partial charge in [-0.25, -0.2) is 4.79 Å². The highest BCUT2D eigenvalue weighted by molar-refractivity contribution is 6.07. The predicted molar refractivity (Wildman–Crippen MR) is 80.9 cm³/mol. The predicted octanol–water partition coefficient (Wildman–Crippen LogP) is 1.38. The molecule has 2 heterocycles. The Balaban J connectivity index is 1.94. The van der Waals surface area contributed by atoms with E-state index < -0.39 is 22.4 Å². The third kappa shape index (κ3) is 2.41. The van der Waals surface area contributed by atoms with Crippen LogP contribution in [-0.4, -0.2) is 40.4 Å². The highest BCUT2D eigenvalue weighted by atomic mass is 16.7. The summed E-state index contributed by atoms with van der Waals surface area (Å²) in [7, 11) is 0. The maximum Gasteiger partial charge on any atom is 0.346 e. The Labute approximate surface area is 136 Å². The van der Waals surface area contributed by atoms with Crippen molar-refractivity contribution in [3.8, 4) is 11.5 Å². The second-order valence-corrected chi connectivity index (χ2v) is 5.50. The molecule has 0 aromatic heterocycles. The van der Waals surface area contributed by atoms with Crippen molar-refractivity contribution < 1.29 is 24.0 Å². The van der Waals surface area contributed by atoms with Crippen molar-refractivity contribution in [3.63, 3.8) is 0 Å². The van der Waals surface area contributed by atoms with E-state index >= 15 is 0 Å². The molecule has 0 radical (unpaired) electrons. The van der Waals surface area contributed by atoms with Crippen LogP contribution in [0.1, 0.15) is 25.8 Å². The number of carbonyl (C=O) groups excluding carboxylic acids is 2. The fourth-order valence-corrected chi connectivity index (χ4v) is 2.34. The molecule has 2 aliphatic rings. The summed E-state index contributed by atoms with van der Waals surface area (Å²) < 4.78 is 10.3. The van der Waals surface area contributed by atoms with Crippen LogP contribution in [0.25, 0.3) is 0 Å². The molecular formula is C14H14N4O6. The molecule has 126 valence electrons. The first-order valence-electron chi connectivity index (χ1n) is 7.14. The lowest BCUT2D eigenvalue weighted by Gasteiger charge is -2.17. The molecule has 0 aliphatic carbocycles. The van der Waals surface area contributed by atoms with Crippen LogP contribution in [0.3, 0.4) is 0 Å². The van der Waals surface area contributed by atoms with Gasteiger partial charge in [0.15, 0.2) is 11.5 Å². The van der Waals surface area contributed by atoms with E-state index in [1.54, 1.807) is 13.8 Å². The summed E-state index contributed by atoms with van der Waals surface area (Å²) in [6.45, 7) is 3.31. The number of nitrogens with zero attached hydrogens (tertiary/aromatic N) is 3. The van der Waals surface area contributed by atoms with Crippen LogP contribution >= 0.6 is 0 Å². The number of hydrazone groups is 1. The lowest BCUT2D eigenvalue weighted by molar-refractivity contribution is -0.385. The number of benzene rings is 1. The number of hydrogen-bond acceptors (Lipinski definition) is 7. The molecule has 1 aromatic carbocycles. The number of nitro groups is 1. The molecule has 3 amide bonds. The van der Waals surface area contributed by atoms with Gasteiger partial charge in [-0.2, -0.15) is 5.10 Å². The van der Waals surface area contributed by atoms with Crippen LogP contribution in [0.15, 0.2) is 17.2 Å². The van der Waals surface area contributed by atoms with Crippen LogP contribution < -0.4 is 14.8 Å². The van der Waals surface area contributed by atoms with Gasteiger partial charge >= 0.3 is 6.03 Å². The van der Waals surface area contributed by atoms with Crippen LogP contribution in [0, 0.1) is 10.1 Å². The minimum absolute atomic E-state index is 0.0328. The van der Waals surface area contributed by atoms with Crippen molar-refractivity contribution in [2.24, 2.45) is 5.10 Å². The number of amides is 3. The highest BCUT2D eigenvalue weighted by Gasteiger charge is 2.46. The molecule has 1 N–H and O–H groups in total. The molecule has 1 aromatic rings. The molecule has 0 bridgehead atoms. The van der Waals surface area contributed by atoms with Gasteiger partial charge in [0.2, 0.25) is 6.79 Å². The zero-order valence-electron chi connectivity index (χ0n) is 12.9. The second-order valence-electron chi connectivity index (χ2n) is 5.50. The topological polar surface area (TPSA) is 123 Å². The Kier molecular flexibility index (Phi) is 3.59. The lowest BCUT2D eigenvalue weighted by atomic mass is 10.00. The van der Waals surface area contributed by atoms with Gasteiger partial charge in [0.05, 0.1) is 22.8 Å². The smallest absolute Gasteiger partial charge is 0.346 e. The van der Waals surface area contributed by atoms with Gasteiger partial charge in [-0.15, -0.1) is 5.01 Å². The van der Waals surface area contributed by atoms with E-state index in [0.29, 0.717) is 17.2 Å². The van der Waals surface area contributed by atoms with E-state index in [9.17, 15) is 19.7 Å². The third-order valence-electron chi connectivity index (χ3n) is 3.98. The Morgan fingerprint density at radius 3 is 2.67 bits per heavy atom. The first kappa shape index (κ1) is 15.7. The largest absolute Gasteiger partial charge is 0.454 e. The molecule has 0 saturated carbocycles. The van der Waals surface area contributed by atoms with Gasteiger partial charge in [0, 0.05) is 0 Å². The average Bonchev–Trinajstić information content (AvgIpc) is 3.08. The van der Waals surface area contributed by atoms with Crippen molar-refractivity contribution in [2.75, 3.05) is 6.79 Å². The van der Waals surface area contributed by atoms with E-state index in [-0.39, 0.29) is 23.8 Å². The number of urea groups is 1. The van der Waals surface area contributed by atoms with E-state index in [2.05, 4.69) is 10.4 Å². The maximum atomic E-state index is 12.2. The maximum absolute atomic E-state index is 12.2. The molecule has 3 rings (SSSR count). The van der Waals surface area contributed by atoms with Gasteiger partial charge in [-0.3, -0.25) is 14.9 Å². The number of carbonyl (C=O) groups is 2. The Hall–Kier alpha value is -3.17. The van der Waals surface area contributed by atoms with Crippen LogP contribution in [0.4, 0.5) is 10.5 Å². The van der Waals surface area contributed by atoms with Crippen molar-refractivity contribution in [1.82, 2.24) is 10.3 Å². The normalized spacial score (nSPS) is 22.3. The molecule has 1 atom stereocenters. The van der Waals surface area contributed by atoms with E-state index in [0.717, 1.165) is 6.21 Å². The van der Waals surface area contributed by atoms with Crippen molar-refractivity contribution in [3.05, 3.63) is 27.8 Å². The molecule has 1 fully saturated rings. The fourth-order valence-electron chi connectivity index (χ4n) is 2.34. The zero-order valence-corrected chi connectivity index (χ0v) is 12.9. The SMILES string of the molecule is CC[C@@]1(C)NC(=O)N(/N=C\c2cc3c(cc2[N+](=O)[O-])OCO3)C1=O. The minimum atomic E-state index is -1.03. The van der Waals surface area contributed by atoms with Crippen LogP contribution in [0.5, 0.6) is 11.5 Å². The van der Waals surface area contributed by atoms with Crippen molar-refractivity contribution in [1.29, 1.82) is 0 Å². The molecule has 24 heavy (non-hydrogen) atoms. The van der Waals surface area contributed by atoms with Crippen LogP contribution in [-0.2, 0) is 4.79 Å². The van der Waals surface area contributed by atoms with Crippen LogP contribution in [0.2, 0.25) is 0 Å². The van der Waals surface area contributed by atoms with Gasteiger partial charge in [0.1, 0.15) is 5.54 Å². The highest BCUT2D eigenvalue weighted by Crippen LogP contribution is 2.37. The molecule has 2 aliphatic heterocycles. The summed E-state index contributed by atoms with van der Waals surface area (Å²) in [5.41, 5.74) is -1.21. The summed E-state index contributed by atoms with van der Waals surface area (Å²) in [6, 6.07) is 1.91. The Morgan fingerprint density at radius 1 is 1.42 bits per heavy atom. The van der Waals surface area contributed by atoms with Gasteiger partial charge in [-0.05, 0) is 19.4 Å². The molecular weight excluding hydrogens is 320 g/mol. The summed E-state index contributed by atoms with van der Waals surface area (Å²) >= 11 is 0. The van der Waals surface area contributed by atoms with E-state index in [4.69, 9.17) is 9.47 Å². The summed E-state index contributed by atoms with van der Waals surface area (Å²) in [5.74, 6) is 0.0692. The quantitative estimate of drug-likeness (QED) is 0.384. The lowest BCUT2D eigenvalue weighted by Crippen LogP contribution is -2.42. The van der Waals surface area contributed by atoms with Crippen molar-refractivity contribution in [2.45, 2.75) is 25.8 Å². The van der Waals surface area contributed by atoms with Gasteiger partial charge in [0.25, 0.3) is 11.6 Å². The van der Waals surface area contributed by atoms with Gasteiger partial charge < -0.3 is 14.8 Å². The Morgan fingerprint density at radius 2 is 2.08 bits per heavy atom. The first-order chi connectivity index (χ1) is 11.4. The molecule has 10 heteroatoms. The number of ether oxygens (including phenoxy) is 2. The number of nitrogens with one attached hydrogen (secondary N) is 1. The summed E-state index contributed by atoms with van der Waals surface area (Å²) in [5, 5.41) is 18.2. The number of nitro benzene ring substituents is 1. The first-order valence-corrected chi connectivity index (χ1v) is 7.14. The number of rotatable bonds is 4.